The summed E-state index contributed by atoms with van der Waals surface area (Å²) in [6, 6.07) is 8.51. The highest BCUT2D eigenvalue weighted by molar-refractivity contribution is 5.25. The average Bonchev–Trinajstić information content (AvgIpc) is 2.22. The van der Waals surface area contributed by atoms with Crippen LogP contribution in [-0.2, 0) is 6.54 Å². The summed E-state index contributed by atoms with van der Waals surface area (Å²) in [7, 11) is 2.19. The largest absolute Gasteiger partial charge is 0.304 e. The summed E-state index contributed by atoms with van der Waals surface area (Å²) < 4.78 is 0. The van der Waals surface area contributed by atoms with Gasteiger partial charge in [0.1, 0.15) is 0 Å². The van der Waals surface area contributed by atoms with Crippen LogP contribution in [0.5, 0.6) is 0 Å². The van der Waals surface area contributed by atoms with Gasteiger partial charge in [0.05, 0.1) is 0 Å². The second-order valence-electron chi connectivity index (χ2n) is 4.40. The minimum atomic E-state index is 1.07. The highest BCUT2D eigenvalue weighted by Crippen LogP contribution is 2.09. The molecule has 1 aromatic carbocycles. The maximum absolute atomic E-state index is 3.96. The lowest BCUT2D eigenvalue weighted by Crippen LogP contribution is -2.43. The zero-order chi connectivity index (χ0) is 10.7. The molecule has 2 rings (SSSR count). The van der Waals surface area contributed by atoms with Crippen molar-refractivity contribution >= 4 is 0 Å². The molecular weight excluding hydrogens is 184 g/mol. The van der Waals surface area contributed by atoms with Gasteiger partial charge in [-0.25, -0.2) is 0 Å². The van der Waals surface area contributed by atoms with Crippen LogP contribution in [0.2, 0.25) is 0 Å². The first-order valence-corrected chi connectivity index (χ1v) is 5.56. The topological polar surface area (TPSA) is 6.48 Å². The summed E-state index contributed by atoms with van der Waals surface area (Å²) in [5.74, 6) is 0. The molecule has 81 valence electrons. The molecule has 0 aromatic heterocycles. The van der Waals surface area contributed by atoms with Crippen molar-refractivity contribution in [2.75, 3.05) is 33.2 Å². The monoisotopic (exact) mass is 203 g/mol. The lowest BCUT2D eigenvalue weighted by Gasteiger charge is -2.32. The second-order valence-corrected chi connectivity index (χ2v) is 4.40. The zero-order valence-corrected chi connectivity index (χ0v) is 9.45. The summed E-state index contributed by atoms with van der Waals surface area (Å²) >= 11 is 0. The highest BCUT2D eigenvalue weighted by Gasteiger charge is 2.13. The first kappa shape index (κ1) is 10.7. The van der Waals surface area contributed by atoms with Gasteiger partial charge in [-0.1, -0.05) is 24.3 Å². The minimum Gasteiger partial charge on any atom is -0.304 e. The molecule has 1 aromatic rings. The van der Waals surface area contributed by atoms with Crippen molar-refractivity contribution in [3.05, 3.63) is 42.3 Å². The standard InChI is InChI=1S/C13H19N2/c1-12-4-3-5-13(10-12)11-15-8-6-14(2)7-9-15/h3-5,10H,1,6-9,11H2,2H3. The first-order chi connectivity index (χ1) is 7.24. The fourth-order valence-electron chi connectivity index (χ4n) is 1.99. The number of nitrogens with zero attached hydrogens (tertiary/aromatic N) is 2. The van der Waals surface area contributed by atoms with Gasteiger partial charge < -0.3 is 4.90 Å². The van der Waals surface area contributed by atoms with Crippen molar-refractivity contribution in [1.29, 1.82) is 0 Å². The van der Waals surface area contributed by atoms with Crippen LogP contribution in [0, 0.1) is 6.92 Å². The Labute approximate surface area is 92.5 Å². The number of piperazine rings is 1. The van der Waals surface area contributed by atoms with Crippen LogP contribution in [0.4, 0.5) is 0 Å². The molecule has 0 atom stereocenters. The predicted octanol–water partition coefficient (Wildman–Crippen LogP) is 1.62. The lowest BCUT2D eigenvalue weighted by molar-refractivity contribution is 0.148. The summed E-state index contributed by atoms with van der Waals surface area (Å²) in [6.07, 6.45) is 0. The molecule has 1 aliphatic rings. The third-order valence-corrected chi connectivity index (χ3v) is 2.99. The zero-order valence-electron chi connectivity index (χ0n) is 9.45. The quantitative estimate of drug-likeness (QED) is 0.720. The Balaban J connectivity index is 1.92. The van der Waals surface area contributed by atoms with E-state index in [1.54, 1.807) is 0 Å². The van der Waals surface area contributed by atoms with E-state index < -0.39 is 0 Å². The van der Waals surface area contributed by atoms with Crippen molar-refractivity contribution < 1.29 is 0 Å². The number of rotatable bonds is 2. The van der Waals surface area contributed by atoms with E-state index in [1.165, 1.54) is 31.7 Å². The molecule has 1 fully saturated rings. The van der Waals surface area contributed by atoms with Gasteiger partial charge in [0.2, 0.25) is 0 Å². The van der Waals surface area contributed by atoms with Crippen LogP contribution >= 0.6 is 0 Å². The molecule has 15 heavy (non-hydrogen) atoms. The molecule has 0 N–H and O–H groups in total. The van der Waals surface area contributed by atoms with Crippen LogP contribution in [0.3, 0.4) is 0 Å². The third kappa shape index (κ3) is 3.05. The fraction of sp³-hybridized carbons (Fsp3) is 0.462. The van der Waals surface area contributed by atoms with E-state index >= 15 is 0 Å². The minimum absolute atomic E-state index is 1.07. The summed E-state index contributed by atoms with van der Waals surface area (Å²) in [5.41, 5.74) is 2.49. The molecule has 1 heterocycles. The summed E-state index contributed by atoms with van der Waals surface area (Å²) in [6.45, 7) is 9.75. The van der Waals surface area contributed by atoms with Crippen LogP contribution < -0.4 is 0 Å². The molecule has 1 saturated heterocycles. The third-order valence-electron chi connectivity index (χ3n) is 2.99. The van der Waals surface area contributed by atoms with E-state index in [0.717, 1.165) is 12.1 Å². The van der Waals surface area contributed by atoms with Crippen molar-refractivity contribution in [1.82, 2.24) is 9.80 Å². The molecule has 1 aliphatic heterocycles. The average molecular weight is 203 g/mol. The van der Waals surface area contributed by atoms with Gasteiger partial charge in [0, 0.05) is 32.7 Å². The van der Waals surface area contributed by atoms with Gasteiger partial charge in [-0.3, -0.25) is 4.90 Å². The predicted molar refractivity (Wildman–Crippen MR) is 63.7 cm³/mol. The van der Waals surface area contributed by atoms with Crippen LogP contribution in [0.15, 0.2) is 24.3 Å². The Morgan fingerprint density at radius 1 is 1.20 bits per heavy atom. The van der Waals surface area contributed by atoms with E-state index in [0.29, 0.717) is 0 Å². The summed E-state index contributed by atoms with van der Waals surface area (Å²) in [5, 5.41) is 0. The lowest BCUT2D eigenvalue weighted by atomic mass is 10.1. The molecule has 0 spiro atoms. The maximum atomic E-state index is 3.96. The molecule has 0 unspecified atom stereocenters. The molecule has 1 radical (unpaired) electrons. The Hall–Kier alpha value is -0.860. The summed E-state index contributed by atoms with van der Waals surface area (Å²) in [4.78, 5) is 4.89. The van der Waals surface area contributed by atoms with Gasteiger partial charge in [-0.05, 0) is 25.1 Å². The van der Waals surface area contributed by atoms with E-state index in [1.807, 2.05) is 6.07 Å². The Bertz CT molecular complexity index is 314. The van der Waals surface area contributed by atoms with Crippen LogP contribution in [-0.4, -0.2) is 43.0 Å². The molecule has 0 aliphatic carbocycles. The highest BCUT2D eigenvalue weighted by atomic mass is 15.2. The SMILES string of the molecule is [CH2]c1cccc(CN2CCN(C)CC2)c1. The van der Waals surface area contributed by atoms with E-state index in [9.17, 15) is 0 Å². The number of likely N-dealkylation sites (N-methyl/N-ethyl adjacent to an activating group) is 1. The first-order valence-electron chi connectivity index (χ1n) is 5.56. The van der Waals surface area contributed by atoms with Gasteiger partial charge in [-0.2, -0.15) is 0 Å². The molecule has 2 heteroatoms. The maximum Gasteiger partial charge on any atom is 0.0234 e. The van der Waals surface area contributed by atoms with Crippen LogP contribution in [0.25, 0.3) is 0 Å². The van der Waals surface area contributed by atoms with E-state index in [2.05, 4.69) is 42.0 Å². The fourth-order valence-corrected chi connectivity index (χ4v) is 1.99. The molecular formula is C13H19N2. The Kier molecular flexibility index (Phi) is 3.39. The molecule has 2 nitrogen and oxygen atoms in total. The molecule has 0 saturated carbocycles. The Morgan fingerprint density at radius 3 is 2.60 bits per heavy atom. The van der Waals surface area contributed by atoms with Crippen molar-refractivity contribution in [3.8, 4) is 0 Å². The molecule has 0 amide bonds. The number of hydrogen-bond acceptors (Lipinski definition) is 2. The van der Waals surface area contributed by atoms with E-state index in [4.69, 9.17) is 0 Å². The van der Waals surface area contributed by atoms with E-state index in [-0.39, 0.29) is 0 Å². The number of benzene rings is 1. The van der Waals surface area contributed by atoms with Crippen molar-refractivity contribution in [3.63, 3.8) is 0 Å². The second kappa shape index (κ2) is 4.77. The smallest absolute Gasteiger partial charge is 0.0234 e. The van der Waals surface area contributed by atoms with Gasteiger partial charge in [-0.15, -0.1) is 0 Å². The van der Waals surface area contributed by atoms with Gasteiger partial charge >= 0.3 is 0 Å². The van der Waals surface area contributed by atoms with Crippen molar-refractivity contribution in [2.45, 2.75) is 6.54 Å². The number of hydrogen-bond donors (Lipinski definition) is 0. The molecule has 0 bridgehead atoms. The Morgan fingerprint density at radius 2 is 1.93 bits per heavy atom. The van der Waals surface area contributed by atoms with Gasteiger partial charge in [0.15, 0.2) is 0 Å². The van der Waals surface area contributed by atoms with Crippen molar-refractivity contribution in [2.24, 2.45) is 0 Å². The normalized spacial score (nSPS) is 19.3. The van der Waals surface area contributed by atoms with Gasteiger partial charge in [0.25, 0.3) is 0 Å². The van der Waals surface area contributed by atoms with Crippen LogP contribution in [0.1, 0.15) is 11.1 Å².